The second-order valence-electron chi connectivity index (χ2n) is 13.7. The van der Waals surface area contributed by atoms with E-state index < -0.39 is 12.4 Å². The highest BCUT2D eigenvalue weighted by Gasteiger charge is 2.39. The number of carbonyl (C=O) groups is 2. The first kappa shape index (κ1) is 35.3. The van der Waals surface area contributed by atoms with Crippen LogP contribution in [0.15, 0.2) is 121 Å². The Kier molecular flexibility index (Phi) is 10.3. The van der Waals surface area contributed by atoms with Crippen LogP contribution in [-0.2, 0) is 22.6 Å². The zero-order chi connectivity index (χ0) is 36.4. The lowest BCUT2D eigenvalue weighted by Gasteiger charge is -2.42. The topological polar surface area (TPSA) is 120 Å². The number of ether oxygens (including phenoxy) is 2. The minimum Gasteiger partial charge on any atom is -0.508 e. The number of imide groups is 1. The lowest BCUT2D eigenvalue weighted by atomic mass is 9.90. The van der Waals surface area contributed by atoms with Crippen LogP contribution < -0.4 is 0 Å². The van der Waals surface area contributed by atoms with Gasteiger partial charge in [-0.05, 0) is 70.8 Å². The van der Waals surface area contributed by atoms with Crippen LogP contribution in [0.1, 0.15) is 74.0 Å². The zero-order valence-electron chi connectivity index (χ0n) is 29.1. The molecule has 2 amide bonds. The fourth-order valence-corrected chi connectivity index (χ4v) is 7.09. The Morgan fingerprint density at radius 1 is 0.750 bits per heavy atom. The van der Waals surface area contributed by atoms with E-state index >= 15 is 0 Å². The Morgan fingerprint density at radius 2 is 1.42 bits per heavy atom. The Balaban J connectivity index is 1.08. The van der Waals surface area contributed by atoms with Gasteiger partial charge >= 0.3 is 0 Å². The molecule has 5 aromatic rings. The number of rotatable bonds is 11. The number of likely N-dealkylation sites (N-methyl/N-ethyl adjacent to an activating group) is 1. The van der Waals surface area contributed by atoms with Crippen molar-refractivity contribution in [1.82, 2.24) is 9.80 Å². The van der Waals surface area contributed by atoms with E-state index in [1.807, 2.05) is 84.7 Å². The van der Waals surface area contributed by atoms with Gasteiger partial charge in [0.05, 0.1) is 42.6 Å². The third-order valence-electron chi connectivity index (χ3n) is 10.0. The lowest BCUT2D eigenvalue weighted by molar-refractivity contribution is -0.276. The summed E-state index contributed by atoms with van der Waals surface area (Å²) in [6, 6.07) is 37.2. The average molecular weight is 699 g/mol. The molecule has 1 saturated heterocycles. The van der Waals surface area contributed by atoms with E-state index in [0.717, 1.165) is 33.4 Å². The predicted molar refractivity (Wildman–Crippen MR) is 196 cm³/mol. The Morgan fingerprint density at radius 3 is 2.10 bits per heavy atom. The predicted octanol–water partition coefficient (Wildman–Crippen LogP) is 6.80. The summed E-state index contributed by atoms with van der Waals surface area (Å²) in [4.78, 5) is 29.3. The van der Waals surface area contributed by atoms with Crippen LogP contribution in [0.5, 0.6) is 5.75 Å². The van der Waals surface area contributed by atoms with Gasteiger partial charge in [-0.25, -0.2) is 0 Å². The van der Waals surface area contributed by atoms with Gasteiger partial charge in [0.15, 0.2) is 6.29 Å². The molecule has 5 atom stereocenters. The molecule has 5 aromatic carbocycles. The maximum Gasteiger partial charge on any atom is 0.261 e. The monoisotopic (exact) mass is 698 g/mol. The van der Waals surface area contributed by atoms with E-state index in [0.29, 0.717) is 29.8 Å². The van der Waals surface area contributed by atoms with Crippen LogP contribution >= 0.6 is 0 Å². The van der Waals surface area contributed by atoms with E-state index in [1.54, 1.807) is 48.5 Å². The minimum atomic E-state index is -0.788. The van der Waals surface area contributed by atoms with E-state index in [4.69, 9.17) is 9.47 Å². The SMILES string of the molecule is C[C@@H]1[C@H](CN(C)C[C@@H](O)c2cccc(O)c2)O[C@H](c2ccc(-c3cccc(CN4C(=O)c5ccccc5C4=O)c3)cc2)O[C@@H]1c1ccc(CO)cc1. The first-order valence-corrected chi connectivity index (χ1v) is 17.5. The van der Waals surface area contributed by atoms with Crippen LogP contribution in [0, 0.1) is 5.92 Å². The van der Waals surface area contributed by atoms with Crippen LogP contribution in [0.2, 0.25) is 0 Å². The Bertz CT molecular complexity index is 2010. The molecule has 266 valence electrons. The first-order chi connectivity index (χ1) is 25.2. The van der Waals surface area contributed by atoms with Crippen LogP contribution in [0.25, 0.3) is 11.1 Å². The van der Waals surface area contributed by atoms with Gasteiger partial charge in [-0.2, -0.15) is 0 Å². The second kappa shape index (κ2) is 15.2. The van der Waals surface area contributed by atoms with E-state index in [-0.39, 0.29) is 48.8 Å². The van der Waals surface area contributed by atoms with Gasteiger partial charge in [0.2, 0.25) is 0 Å². The summed E-state index contributed by atoms with van der Waals surface area (Å²) < 4.78 is 13.3. The zero-order valence-corrected chi connectivity index (χ0v) is 29.1. The maximum atomic E-state index is 13.0. The van der Waals surface area contributed by atoms with Crippen molar-refractivity contribution in [3.63, 3.8) is 0 Å². The van der Waals surface area contributed by atoms with Gasteiger partial charge in [0.1, 0.15) is 5.75 Å². The molecule has 0 bridgehead atoms. The summed E-state index contributed by atoms with van der Waals surface area (Å²) in [6.45, 7) is 3.11. The second-order valence-corrected chi connectivity index (χ2v) is 13.7. The number of carbonyl (C=O) groups excluding carboxylic acids is 2. The molecule has 7 rings (SSSR count). The number of aliphatic hydroxyl groups excluding tert-OH is 2. The number of amides is 2. The molecule has 2 heterocycles. The van der Waals surface area contributed by atoms with Gasteiger partial charge < -0.3 is 29.7 Å². The molecule has 0 saturated carbocycles. The molecule has 3 N–H and O–H groups in total. The number of hydrogen-bond donors (Lipinski definition) is 3. The van der Waals surface area contributed by atoms with Crippen molar-refractivity contribution in [2.75, 3.05) is 20.1 Å². The lowest BCUT2D eigenvalue weighted by Crippen LogP contribution is -2.44. The smallest absolute Gasteiger partial charge is 0.261 e. The molecule has 0 radical (unpaired) electrons. The van der Waals surface area contributed by atoms with Gasteiger partial charge in [-0.3, -0.25) is 14.5 Å². The number of aromatic hydroxyl groups is 1. The average Bonchev–Trinajstić information content (AvgIpc) is 3.40. The van der Waals surface area contributed by atoms with Gasteiger partial charge in [0, 0.05) is 24.6 Å². The summed E-state index contributed by atoms with van der Waals surface area (Å²) in [5.41, 5.74) is 6.92. The number of aliphatic hydroxyl groups is 2. The first-order valence-electron chi connectivity index (χ1n) is 17.5. The van der Waals surface area contributed by atoms with Crippen molar-refractivity contribution in [3.8, 4) is 16.9 Å². The summed E-state index contributed by atoms with van der Waals surface area (Å²) in [7, 11) is 1.94. The van der Waals surface area contributed by atoms with Crippen LogP contribution in [0.4, 0.5) is 0 Å². The number of nitrogens with zero attached hydrogens (tertiary/aromatic N) is 2. The van der Waals surface area contributed by atoms with E-state index in [2.05, 4.69) is 6.92 Å². The summed E-state index contributed by atoms with van der Waals surface area (Å²) in [5.74, 6) is -0.492. The molecule has 9 heteroatoms. The van der Waals surface area contributed by atoms with Crippen LogP contribution in [0.3, 0.4) is 0 Å². The number of benzene rings is 5. The van der Waals surface area contributed by atoms with Gasteiger partial charge in [-0.1, -0.05) is 97.9 Å². The van der Waals surface area contributed by atoms with E-state index in [1.165, 1.54) is 4.90 Å². The third kappa shape index (κ3) is 7.41. The van der Waals surface area contributed by atoms with Crippen molar-refractivity contribution in [2.24, 2.45) is 5.92 Å². The van der Waals surface area contributed by atoms with Gasteiger partial charge in [0.25, 0.3) is 11.8 Å². The molecule has 0 unspecified atom stereocenters. The Labute approximate surface area is 303 Å². The molecule has 0 aromatic heterocycles. The summed E-state index contributed by atoms with van der Waals surface area (Å²) in [5, 5.41) is 30.4. The van der Waals surface area contributed by atoms with Crippen molar-refractivity contribution in [1.29, 1.82) is 0 Å². The molecule has 52 heavy (non-hydrogen) atoms. The Hall–Kier alpha value is -5.16. The minimum absolute atomic E-state index is 0.0410. The fraction of sp³-hybridized carbons (Fsp3) is 0.256. The van der Waals surface area contributed by atoms with Crippen molar-refractivity contribution < 1.29 is 34.4 Å². The number of phenolic OH excluding ortho intramolecular Hbond substituents is 1. The van der Waals surface area contributed by atoms with Crippen LogP contribution in [-0.4, -0.2) is 63.2 Å². The standard InChI is InChI=1S/C43H42N2O7/c1-27-39(25-44(2)24-38(48)34-9-6-10-35(47)22-34)51-43(52-40(27)31-15-13-28(26-46)14-16-31)32-19-17-30(18-20-32)33-8-5-7-29(21-33)23-45-41(49)36-11-3-4-12-37(36)42(45)50/h3-22,27,38-40,43,46-48H,23-26H2,1-2H3/t27-,38-,39+,40+,43+/m1/s1. The molecule has 9 nitrogen and oxygen atoms in total. The maximum absolute atomic E-state index is 13.0. The highest BCUT2D eigenvalue weighted by atomic mass is 16.7. The number of fused-ring (bicyclic) bond motifs is 1. The molecule has 1 fully saturated rings. The number of phenols is 1. The molecular formula is C43H42N2O7. The molecular weight excluding hydrogens is 656 g/mol. The highest BCUT2D eigenvalue weighted by Crippen LogP contribution is 2.42. The molecule has 2 aliphatic rings. The normalized spacial score (nSPS) is 20.7. The summed E-state index contributed by atoms with van der Waals surface area (Å²) in [6.07, 6.45) is -1.99. The quantitative estimate of drug-likeness (QED) is 0.129. The van der Waals surface area contributed by atoms with Gasteiger partial charge in [-0.15, -0.1) is 0 Å². The molecule has 0 aliphatic carbocycles. The third-order valence-corrected chi connectivity index (χ3v) is 10.0. The largest absolute Gasteiger partial charge is 0.508 e. The van der Waals surface area contributed by atoms with Crippen molar-refractivity contribution in [2.45, 2.75) is 44.7 Å². The van der Waals surface area contributed by atoms with Crippen molar-refractivity contribution in [3.05, 3.63) is 160 Å². The molecule has 2 aliphatic heterocycles. The van der Waals surface area contributed by atoms with E-state index in [9.17, 15) is 24.9 Å². The van der Waals surface area contributed by atoms with Crippen molar-refractivity contribution >= 4 is 11.8 Å². The highest BCUT2D eigenvalue weighted by molar-refractivity contribution is 6.21. The fourth-order valence-electron chi connectivity index (χ4n) is 7.09. The molecule has 0 spiro atoms. The number of hydrogen-bond acceptors (Lipinski definition) is 8. The summed E-state index contributed by atoms with van der Waals surface area (Å²) >= 11 is 0.